The van der Waals surface area contributed by atoms with E-state index in [2.05, 4.69) is 0 Å². The van der Waals surface area contributed by atoms with Crippen LogP contribution in [0, 0.1) is 18.8 Å². The molecule has 5 heteroatoms. The third kappa shape index (κ3) is 2.02. The first-order chi connectivity index (χ1) is 8.97. The van der Waals surface area contributed by atoms with Crippen LogP contribution in [0.2, 0.25) is 5.02 Å². The van der Waals surface area contributed by atoms with Gasteiger partial charge in [0.15, 0.2) is 11.4 Å². The summed E-state index contributed by atoms with van der Waals surface area (Å²) in [7, 11) is 0. The van der Waals surface area contributed by atoms with Crippen LogP contribution in [0.4, 0.5) is 0 Å². The van der Waals surface area contributed by atoms with Gasteiger partial charge in [-0.1, -0.05) is 11.6 Å². The Morgan fingerprint density at radius 1 is 1.32 bits per heavy atom. The first-order valence-corrected chi connectivity index (χ1v) is 6.32. The number of carbonyl (C=O) groups excluding carboxylic acids is 1. The van der Waals surface area contributed by atoms with Gasteiger partial charge >= 0.3 is 5.97 Å². The molecule has 1 fully saturated rings. The Balaban J connectivity index is 1.97. The molecule has 19 heavy (non-hydrogen) atoms. The Labute approximate surface area is 114 Å². The minimum absolute atomic E-state index is 0.157. The average Bonchev–Trinajstić information content (AvgIpc) is 3.05. The van der Waals surface area contributed by atoms with E-state index in [0.717, 1.165) is 11.1 Å². The number of hydrogen-bond donors (Lipinski definition) is 1. The molecule has 1 aliphatic rings. The average molecular weight is 279 g/mol. The molecule has 1 heterocycles. The molecular weight excluding hydrogens is 268 g/mol. The van der Waals surface area contributed by atoms with Crippen molar-refractivity contribution in [1.29, 1.82) is 0 Å². The molecule has 1 saturated carbocycles. The van der Waals surface area contributed by atoms with Crippen molar-refractivity contribution >= 4 is 34.3 Å². The van der Waals surface area contributed by atoms with E-state index in [1.165, 1.54) is 0 Å². The maximum Gasteiger partial charge on any atom is 0.307 e. The van der Waals surface area contributed by atoms with Gasteiger partial charge in [0.1, 0.15) is 5.76 Å². The number of carboxylic acid groups (broad SMARTS) is 1. The summed E-state index contributed by atoms with van der Waals surface area (Å²) in [5.41, 5.74) is 1.01. The van der Waals surface area contributed by atoms with Gasteiger partial charge in [-0.2, -0.15) is 0 Å². The predicted molar refractivity (Wildman–Crippen MR) is 69.5 cm³/mol. The smallest absolute Gasteiger partial charge is 0.307 e. The zero-order valence-electron chi connectivity index (χ0n) is 10.1. The number of furan rings is 1. The van der Waals surface area contributed by atoms with Gasteiger partial charge in [-0.15, -0.1) is 0 Å². The monoisotopic (exact) mass is 278 g/mol. The van der Waals surface area contributed by atoms with Crippen molar-refractivity contribution in [2.24, 2.45) is 11.8 Å². The van der Waals surface area contributed by atoms with E-state index in [-0.39, 0.29) is 5.78 Å². The van der Waals surface area contributed by atoms with Crippen LogP contribution in [0.15, 0.2) is 22.6 Å². The highest BCUT2D eigenvalue weighted by molar-refractivity contribution is 6.35. The highest BCUT2D eigenvalue weighted by atomic mass is 35.5. The van der Waals surface area contributed by atoms with Gasteiger partial charge in [-0.25, -0.2) is 0 Å². The maximum atomic E-state index is 12.2. The van der Waals surface area contributed by atoms with Gasteiger partial charge in [-0.3, -0.25) is 9.59 Å². The number of rotatable bonds is 3. The number of ketones is 1. The molecule has 1 unspecified atom stereocenters. The standard InChI is InChI=1S/C14H11ClO4/c1-6-2-8-3-7(4-11(15)13(8)19-6)12(16)9-5-10(9)14(17)18/h2-4,9-10H,5H2,1H3,(H,17,18)/t9?,10-/m0/s1. The van der Waals surface area contributed by atoms with E-state index in [1.54, 1.807) is 25.1 Å². The summed E-state index contributed by atoms with van der Waals surface area (Å²) >= 11 is 6.08. The lowest BCUT2D eigenvalue weighted by Crippen LogP contribution is -2.08. The third-order valence-corrected chi connectivity index (χ3v) is 3.70. The summed E-state index contributed by atoms with van der Waals surface area (Å²) in [5, 5.41) is 10.00. The number of Topliss-reactive ketones (excluding diaryl/α,β-unsaturated/α-hetero) is 1. The van der Waals surface area contributed by atoms with Crippen molar-refractivity contribution in [2.75, 3.05) is 0 Å². The number of aliphatic carboxylic acids is 1. The van der Waals surface area contributed by atoms with Crippen LogP contribution >= 0.6 is 11.6 Å². The SMILES string of the molecule is Cc1cc2cc(C(=O)C3C[C@@H]3C(=O)O)cc(Cl)c2o1. The molecular formula is C14H11ClO4. The van der Waals surface area contributed by atoms with Crippen LogP contribution in [0.3, 0.4) is 0 Å². The maximum absolute atomic E-state index is 12.2. The molecule has 0 spiro atoms. The number of aryl methyl sites for hydroxylation is 1. The Bertz CT molecular complexity index is 701. The number of carboxylic acids is 1. The molecule has 98 valence electrons. The van der Waals surface area contributed by atoms with E-state index in [0.29, 0.717) is 22.6 Å². The van der Waals surface area contributed by atoms with E-state index in [9.17, 15) is 9.59 Å². The lowest BCUT2D eigenvalue weighted by Gasteiger charge is -2.01. The van der Waals surface area contributed by atoms with Gasteiger partial charge in [0.25, 0.3) is 0 Å². The summed E-state index contributed by atoms with van der Waals surface area (Å²) in [4.78, 5) is 23.0. The first kappa shape index (κ1) is 12.2. The summed E-state index contributed by atoms with van der Waals surface area (Å²) in [6.45, 7) is 1.80. The second-order valence-electron chi connectivity index (χ2n) is 4.88. The highest BCUT2D eigenvalue weighted by Crippen LogP contribution is 2.42. The molecule has 2 aromatic rings. The molecule has 3 rings (SSSR count). The number of halogens is 1. The summed E-state index contributed by atoms with van der Waals surface area (Å²) in [5.74, 6) is -1.32. The van der Waals surface area contributed by atoms with Gasteiger partial charge in [-0.05, 0) is 31.5 Å². The van der Waals surface area contributed by atoms with E-state index >= 15 is 0 Å². The molecule has 1 N–H and O–H groups in total. The Morgan fingerprint density at radius 2 is 2.05 bits per heavy atom. The number of hydrogen-bond acceptors (Lipinski definition) is 3. The minimum atomic E-state index is -0.912. The molecule has 0 bridgehead atoms. The molecule has 0 aliphatic heterocycles. The van der Waals surface area contributed by atoms with Crippen molar-refractivity contribution in [3.63, 3.8) is 0 Å². The van der Waals surface area contributed by atoms with Crippen molar-refractivity contribution in [3.05, 3.63) is 34.5 Å². The Morgan fingerprint density at radius 3 is 2.68 bits per heavy atom. The predicted octanol–water partition coefficient (Wildman–Crippen LogP) is 3.30. The van der Waals surface area contributed by atoms with Gasteiger partial charge in [0, 0.05) is 16.9 Å². The topological polar surface area (TPSA) is 67.5 Å². The third-order valence-electron chi connectivity index (χ3n) is 3.42. The number of benzene rings is 1. The highest BCUT2D eigenvalue weighted by Gasteiger charge is 2.48. The van der Waals surface area contributed by atoms with Crippen molar-refractivity contribution in [2.45, 2.75) is 13.3 Å². The first-order valence-electron chi connectivity index (χ1n) is 5.94. The molecule has 1 aromatic heterocycles. The molecule has 1 aliphatic carbocycles. The van der Waals surface area contributed by atoms with E-state index in [1.807, 2.05) is 0 Å². The second kappa shape index (κ2) is 4.10. The minimum Gasteiger partial charge on any atom is -0.481 e. The fourth-order valence-electron chi connectivity index (χ4n) is 2.35. The van der Waals surface area contributed by atoms with Crippen LogP contribution in [-0.4, -0.2) is 16.9 Å². The van der Waals surface area contributed by atoms with Gasteiger partial charge < -0.3 is 9.52 Å². The lowest BCUT2D eigenvalue weighted by molar-refractivity contribution is -0.138. The van der Waals surface area contributed by atoms with Crippen LogP contribution in [0.1, 0.15) is 22.5 Å². The lowest BCUT2D eigenvalue weighted by atomic mass is 10.0. The van der Waals surface area contributed by atoms with Crippen molar-refractivity contribution < 1.29 is 19.1 Å². The molecule has 0 saturated heterocycles. The number of fused-ring (bicyclic) bond motifs is 1. The van der Waals surface area contributed by atoms with Crippen molar-refractivity contribution in [1.82, 2.24) is 0 Å². The Hall–Kier alpha value is -1.81. The summed E-state index contributed by atoms with van der Waals surface area (Å²) in [6.07, 6.45) is 0.411. The van der Waals surface area contributed by atoms with Crippen LogP contribution in [0.5, 0.6) is 0 Å². The molecule has 1 aromatic carbocycles. The van der Waals surface area contributed by atoms with Crippen molar-refractivity contribution in [3.8, 4) is 0 Å². The number of carbonyl (C=O) groups is 2. The zero-order chi connectivity index (χ0) is 13.7. The van der Waals surface area contributed by atoms with Crippen LogP contribution in [-0.2, 0) is 4.79 Å². The van der Waals surface area contributed by atoms with Crippen LogP contribution < -0.4 is 0 Å². The quantitative estimate of drug-likeness (QED) is 0.875. The fraction of sp³-hybridized carbons (Fsp3) is 0.286. The fourth-order valence-corrected chi connectivity index (χ4v) is 2.62. The zero-order valence-corrected chi connectivity index (χ0v) is 10.9. The molecule has 4 nitrogen and oxygen atoms in total. The molecule has 2 atom stereocenters. The normalized spacial score (nSPS) is 21.6. The van der Waals surface area contributed by atoms with Crippen LogP contribution in [0.25, 0.3) is 11.0 Å². The van der Waals surface area contributed by atoms with E-state index in [4.69, 9.17) is 21.1 Å². The molecule has 0 radical (unpaired) electrons. The molecule has 0 amide bonds. The summed E-state index contributed by atoms with van der Waals surface area (Å²) in [6, 6.07) is 5.06. The summed E-state index contributed by atoms with van der Waals surface area (Å²) < 4.78 is 5.43. The van der Waals surface area contributed by atoms with Gasteiger partial charge in [0.05, 0.1) is 10.9 Å². The second-order valence-corrected chi connectivity index (χ2v) is 5.29. The van der Waals surface area contributed by atoms with E-state index < -0.39 is 17.8 Å². The van der Waals surface area contributed by atoms with Gasteiger partial charge in [0.2, 0.25) is 0 Å². The Kier molecular flexibility index (Phi) is 2.64. The largest absolute Gasteiger partial charge is 0.481 e.